The minimum atomic E-state index is -4.85. The van der Waals surface area contributed by atoms with Crippen molar-refractivity contribution in [2.75, 3.05) is 0 Å². The summed E-state index contributed by atoms with van der Waals surface area (Å²) < 4.78 is 36.5. The second-order valence-electron chi connectivity index (χ2n) is 2.99. The predicted octanol–water partition coefficient (Wildman–Crippen LogP) is 2.71. The third kappa shape index (κ3) is 1.60. The minimum absolute atomic E-state index is 0.167. The molecule has 0 unspecified atom stereocenters. The van der Waals surface area contributed by atoms with Crippen LogP contribution in [0.4, 0.5) is 13.2 Å². The molecule has 0 spiro atoms. The number of fused-ring (bicyclic) bond motifs is 1. The van der Waals surface area contributed by atoms with Gasteiger partial charge in [0.1, 0.15) is 0 Å². The monoisotopic (exact) mass is 212 g/mol. The van der Waals surface area contributed by atoms with Crippen LogP contribution in [0.1, 0.15) is 10.4 Å². The number of carbonyl (C=O) groups is 1. The number of hydrogen-bond acceptors (Lipinski definition) is 1. The van der Waals surface area contributed by atoms with Gasteiger partial charge >= 0.3 is 6.18 Å². The predicted molar refractivity (Wildman–Crippen MR) is 47.5 cm³/mol. The van der Waals surface area contributed by atoms with Gasteiger partial charge in [-0.25, -0.2) is 0 Å². The van der Waals surface area contributed by atoms with Crippen molar-refractivity contribution in [3.8, 4) is 0 Å². The van der Waals surface area contributed by atoms with E-state index in [9.17, 15) is 18.0 Å². The molecule has 0 aliphatic carbocycles. The molecule has 0 atom stereocenters. The highest BCUT2D eigenvalue weighted by molar-refractivity contribution is 6.10. The van der Waals surface area contributed by atoms with Crippen molar-refractivity contribution in [2.45, 2.75) is 6.18 Å². The van der Waals surface area contributed by atoms with Crippen molar-refractivity contribution in [1.82, 2.24) is 4.98 Å². The van der Waals surface area contributed by atoms with Crippen LogP contribution in [0.2, 0.25) is 0 Å². The van der Waals surface area contributed by atoms with Crippen LogP contribution in [-0.2, 0) is 0 Å². The number of hydrogen-bond donors (Lipinski definition) is 1. The zero-order valence-corrected chi connectivity index (χ0v) is 7.35. The molecule has 2 nitrogen and oxygen atoms in total. The van der Waals surface area contributed by atoms with E-state index in [-0.39, 0.29) is 5.39 Å². The van der Waals surface area contributed by atoms with Crippen LogP contribution in [0.15, 0.2) is 24.4 Å². The van der Waals surface area contributed by atoms with Crippen molar-refractivity contribution in [3.63, 3.8) is 0 Å². The van der Waals surface area contributed by atoms with Gasteiger partial charge in [0.15, 0.2) is 0 Å². The normalized spacial score (nSPS) is 11.9. The van der Waals surface area contributed by atoms with Crippen molar-refractivity contribution >= 4 is 16.7 Å². The first kappa shape index (κ1) is 9.76. The average molecular weight is 212 g/mol. The third-order valence-corrected chi connectivity index (χ3v) is 2.00. The highest BCUT2D eigenvalue weighted by Gasteiger charge is 2.40. The number of Topliss-reactive ketones (excluding diaryl/α,β-unsaturated/α-hetero) is 1. The molecule has 0 aliphatic heterocycles. The number of aromatic nitrogens is 1. The van der Waals surface area contributed by atoms with Crippen molar-refractivity contribution in [2.24, 2.45) is 0 Å². The molecule has 5 heteroatoms. The summed E-state index contributed by atoms with van der Waals surface area (Å²) in [5.41, 5.74) is 0.0724. The fraction of sp³-hybridized carbons (Fsp3) is 0.100. The highest BCUT2D eigenvalue weighted by Crippen LogP contribution is 2.26. The molecule has 77 valence electrons. The van der Waals surface area contributed by atoms with E-state index in [1.807, 2.05) is 0 Å². The fourth-order valence-electron chi connectivity index (χ4n) is 1.33. The Morgan fingerprint density at radius 3 is 2.80 bits per heavy atom. The van der Waals surface area contributed by atoms with Gasteiger partial charge in [0.05, 0.1) is 5.56 Å². The number of rotatable bonds is 1. The molecule has 1 N–H and O–H groups in total. The molecule has 2 aromatic rings. The number of benzene rings is 1. The molecule has 0 aliphatic rings. The smallest absolute Gasteiger partial charge is 0.360 e. The molecule has 0 fully saturated rings. The Hall–Kier alpha value is -1.78. The summed E-state index contributed by atoms with van der Waals surface area (Å²) >= 11 is 0. The lowest BCUT2D eigenvalue weighted by Gasteiger charge is -2.02. The lowest BCUT2D eigenvalue weighted by molar-refractivity contribution is -0.0884. The summed E-state index contributed by atoms with van der Waals surface area (Å²) in [4.78, 5) is 13.6. The second kappa shape index (κ2) is 3.12. The van der Waals surface area contributed by atoms with Crippen molar-refractivity contribution < 1.29 is 18.0 Å². The molecule has 0 bridgehead atoms. The minimum Gasteiger partial charge on any atom is -0.360 e. The molecule has 15 heavy (non-hydrogen) atoms. The molecular weight excluding hydrogens is 207 g/mol. The van der Waals surface area contributed by atoms with E-state index in [0.29, 0.717) is 5.52 Å². The molecule has 1 heterocycles. The largest absolute Gasteiger partial charge is 0.454 e. The Morgan fingerprint density at radius 2 is 2.13 bits per heavy atom. The molecule has 1 radical (unpaired) electrons. The Bertz CT molecular complexity index is 513. The van der Waals surface area contributed by atoms with Gasteiger partial charge in [-0.1, -0.05) is 12.1 Å². The van der Waals surface area contributed by atoms with Crippen LogP contribution in [0.3, 0.4) is 0 Å². The second-order valence-corrected chi connectivity index (χ2v) is 2.99. The Labute approximate surface area is 82.7 Å². The van der Waals surface area contributed by atoms with Crippen LogP contribution in [-0.4, -0.2) is 16.9 Å². The number of ketones is 1. The molecule has 1 aromatic heterocycles. The van der Waals surface area contributed by atoms with E-state index in [1.54, 1.807) is 12.1 Å². The van der Waals surface area contributed by atoms with Gasteiger partial charge in [0.25, 0.3) is 5.78 Å². The van der Waals surface area contributed by atoms with E-state index >= 15 is 0 Å². The van der Waals surface area contributed by atoms with Crippen LogP contribution in [0.25, 0.3) is 10.9 Å². The van der Waals surface area contributed by atoms with Crippen molar-refractivity contribution in [1.29, 1.82) is 0 Å². The first-order chi connectivity index (χ1) is 7.00. The third-order valence-electron chi connectivity index (χ3n) is 2.00. The standard InChI is InChI=1S/C10H5F3NO/c11-10(12,13)9(15)7-5-14-8-4-2-1-3-6(7)8/h1-2,4-5,14H. The van der Waals surface area contributed by atoms with Crippen LogP contribution >= 0.6 is 0 Å². The molecule has 1 aromatic carbocycles. The molecule has 0 saturated carbocycles. The summed E-state index contributed by atoms with van der Waals surface area (Å²) in [6.07, 6.45) is -3.80. The number of halogens is 3. The topological polar surface area (TPSA) is 32.9 Å². The Morgan fingerprint density at radius 1 is 1.40 bits per heavy atom. The van der Waals surface area contributed by atoms with Gasteiger partial charge in [-0.2, -0.15) is 13.2 Å². The lowest BCUT2D eigenvalue weighted by atomic mass is 10.1. The summed E-state index contributed by atoms with van der Waals surface area (Å²) in [5.74, 6) is -1.85. The first-order valence-corrected chi connectivity index (χ1v) is 4.09. The molecule has 0 saturated heterocycles. The summed E-state index contributed by atoms with van der Waals surface area (Å²) in [6.45, 7) is 0. The van der Waals surface area contributed by atoms with Crippen LogP contribution in [0.5, 0.6) is 0 Å². The molecule has 0 amide bonds. The summed E-state index contributed by atoms with van der Waals surface area (Å²) in [5, 5.41) is 0.167. The van der Waals surface area contributed by atoms with E-state index in [0.717, 1.165) is 6.20 Å². The van der Waals surface area contributed by atoms with Crippen LogP contribution < -0.4 is 0 Å². The molecular formula is C10H5F3NO. The average Bonchev–Trinajstić information content (AvgIpc) is 2.58. The highest BCUT2D eigenvalue weighted by atomic mass is 19.4. The van der Waals surface area contributed by atoms with Gasteiger partial charge in [-0.15, -0.1) is 0 Å². The van der Waals surface area contributed by atoms with Gasteiger partial charge in [-0.05, 0) is 12.1 Å². The van der Waals surface area contributed by atoms with E-state index < -0.39 is 17.5 Å². The number of H-pyrrole nitrogens is 1. The number of nitrogens with one attached hydrogen (secondary N) is 1. The quantitative estimate of drug-likeness (QED) is 0.724. The first-order valence-electron chi connectivity index (χ1n) is 4.09. The van der Waals surface area contributed by atoms with E-state index in [2.05, 4.69) is 11.1 Å². The van der Waals surface area contributed by atoms with Crippen LogP contribution in [0, 0.1) is 6.07 Å². The Balaban J connectivity index is 2.58. The van der Waals surface area contributed by atoms with Gasteiger partial charge in [0.2, 0.25) is 0 Å². The zero-order valence-electron chi connectivity index (χ0n) is 7.35. The number of alkyl halides is 3. The van der Waals surface area contributed by atoms with Gasteiger partial charge < -0.3 is 4.98 Å². The SMILES string of the molecule is O=C(c1c[nH]c2ccc[c]c12)C(F)(F)F. The summed E-state index contributed by atoms with van der Waals surface area (Å²) in [6, 6.07) is 7.27. The fourth-order valence-corrected chi connectivity index (χ4v) is 1.33. The maximum absolute atomic E-state index is 12.2. The number of carbonyl (C=O) groups excluding carboxylic acids is 1. The van der Waals surface area contributed by atoms with E-state index in [1.165, 1.54) is 6.07 Å². The van der Waals surface area contributed by atoms with Gasteiger partial charge in [0, 0.05) is 17.1 Å². The molecule has 2 rings (SSSR count). The van der Waals surface area contributed by atoms with E-state index in [4.69, 9.17) is 0 Å². The Kier molecular flexibility index (Phi) is 2.03. The maximum Gasteiger partial charge on any atom is 0.454 e. The maximum atomic E-state index is 12.2. The summed E-state index contributed by atoms with van der Waals surface area (Å²) in [7, 11) is 0. The zero-order chi connectivity index (χ0) is 11.1. The van der Waals surface area contributed by atoms with Crippen molar-refractivity contribution in [3.05, 3.63) is 36.0 Å². The lowest BCUT2D eigenvalue weighted by Crippen LogP contribution is -2.22. The van der Waals surface area contributed by atoms with Gasteiger partial charge in [-0.3, -0.25) is 4.79 Å². The number of aromatic amines is 1.